The molecule has 0 aliphatic carbocycles. The molecule has 0 radical (unpaired) electrons. The largest absolute Gasteiger partial charge is 0.192 e. The Hall–Kier alpha value is -2.33. The number of fused-ring (bicyclic) bond motifs is 1. The highest BCUT2D eigenvalue weighted by molar-refractivity contribution is 5.96. The Morgan fingerprint density at radius 1 is 1.19 bits per heavy atom. The van der Waals surface area contributed by atoms with E-state index < -0.39 is 0 Å². The van der Waals surface area contributed by atoms with Gasteiger partial charge in [-0.1, -0.05) is 55.6 Å². The summed E-state index contributed by atoms with van der Waals surface area (Å²) in [4.78, 5) is 0. The summed E-state index contributed by atoms with van der Waals surface area (Å²) in [5, 5.41) is 11.1. The summed E-state index contributed by atoms with van der Waals surface area (Å²) in [5.41, 5.74) is 2.31. The van der Waals surface area contributed by atoms with Crippen LogP contribution in [0.3, 0.4) is 0 Å². The zero-order valence-electron chi connectivity index (χ0n) is 8.90. The summed E-state index contributed by atoms with van der Waals surface area (Å²) >= 11 is 0. The van der Waals surface area contributed by atoms with Crippen LogP contribution in [0, 0.1) is 11.3 Å². The van der Waals surface area contributed by atoms with Crippen LogP contribution >= 0.6 is 0 Å². The Bertz CT molecular complexity index is 615. The van der Waals surface area contributed by atoms with Gasteiger partial charge in [0.25, 0.3) is 0 Å². The van der Waals surface area contributed by atoms with Gasteiger partial charge in [-0.15, -0.1) is 0 Å². The number of nitrogens with zero attached hydrogens (tertiary/aromatic N) is 1. The number of rotatable bonds is 2. The van der Waals surface area contributed by atoms with Gasteiger partial charge in [0.05, 0.1) is 11.6 Å². The predicted molar refractivity (Wildman–Crippen MR) is 68.7 cm³/mol. The van der Waals surface area contributed by atoms with Crippen LogP contribution in [0.5, 0.6) is 0 Å². The van der Waals surface area contributed by atoms with E-state index in [1.165, 1.54) is 0 Å². The summed E-state index contributed by atoms with van der Waals surface area (Å²) in [6.07, 6.45) is 1.78. The first kappa shape index (κ1) is 10.2. The summed E-state index contributed by atoms with van der Waals surface area (Å²) in [5.74, 6) is 0. The maximum Gasteiger partial charge on any atom is 0.0991 e. The van der Waals surface area contributed by atoms with Crippen LogP contribution in [0.1, 0.15) is 11.1 Å². The SMILES string of the molecule is C=Cc1c(C(=C)C#N)ccc2ccccc12. The fourth-order valence-electron chi connectivity index (χ4n) is 1.84. The van der Waals surface area contributed by atoms with Gasteiger partial charge in [-0.25, -0.2) is 0 Å². The van der Waals surface area contributed by atoms with Crippen molar-refractivity contribution >= 4 is 22.4 Å². The first-order chi connectivity index (χ1) is 7.77. The molecule has 0 aromatic heterocycles. The van der Waals surface area contributed by atoms with Crippen molar-refractivity contribution in [3.05, 3.63) is 60.7 Å². The molecule has 0 fully saturated rings. The van der Waals surface area contributed by atoms with Gasteiger partial charge in [0.2, 0.25) is 0 Å². The van der Waals surface area contributed by atoms with Gasteiger partial charge in [0.15, 0.2) is 0 Å². The third-order valence-electron chi connectivity index (χ3n) is 2.63. The molecule has 1 heteroatoms. The van der Waals surface area contributed by atoms with Gasteiger partial charge >= 0.3 is 0 Å². The van der Waals surface area contributed by atoms with E-state index in [1.807, 2.05) is 36.4 Å². The minimum absolute atomic E-state index is 0.473. The predicted octanol–water partition coefficient (Wildman–Crippen LogP) is 4.02. The van der Waals surface area contributed by atoms with E-state index in [1.54, 1.807) is 6.08 Å². The van der Waals surface area contributed by atoms with Gasteiger partial charge in [0, 0.05) is 0 Å². The lowest BCUT2D eigenvalue weighted by Crippen LogP contribution is -1.87. The zero-order chi connectivity index (χ0) is 11.5. The van der Waals surface area contributed by atoms with Crippen LogP contribution in [0.15, 0.2) is 49.6 Å². The van der Waals surface area contributed by atoms with Crippen molar-refractivity contribution in [1.29, 1.82) is 5.26 Å². The lowest BCUT2D eigenvalue weighted by Gasteiger charge is -2.08. The van der Waals surface area contributed by atoms with Crippen molar-refractivity contribution < 1.29 is 0 Å². The van der Waals surface area contributed by atoms with Crippen LogP contribution in [0.25, 0.3) is 22.4 Å². The molecule has 0 aliphatic rings. The summed E-state index contributed by atoms with van der Waals surface area (Å²) in [6.45, 7) is 7.56. The second-order valence-corrected chi connectivity index (χ2v) is 3.54. The van der Waals surface area contributed by atoms with Gasteiger partial charge in [-0.3, -0.25) is 0 Å². The van der Waals surface area contributed by atoms with Crippen molar-refractivity contribution in [2.24, 2.45) is 0 Å². The van der Waals surface area contributed by atoms with E-state index in [-0.39, 0.29) is 0 Å². The fourth-order valence-corrected chi connectivity index (χ4v) is 1.84. The number of nitriles is 1. The van der Waals surface area contributed by atoms with E-state index >= 15 is 0 Å². The molecule has 0 N–H and O–H groups in total. The fraction of sp³-hybridized carbons (Fsp3) is 0. The van der Waals surface area contributed by atoms with Gasteiger partial charge in [-0.05, 0) is 21.9 Å². The van der Waals surface area contributed by atoms with Crippen LogP contribution in [0.2, 0.25) is 0 Å². The monoisotopic (exact) mass is 205 g/mol. The average Bonchev–Trinajstić information content (AvgIpc) is 2.36. The summed E-state index contributed by atoms with van der Waals surface area (Å²) in [6, 6.07) is 14.0. The van der Waals surface area contributed by atoms with E-state index in [9.17, 15) is 0 Å². The quantitative estimate of drug-likeness (QED) is 0.679. The molecule has 0 heterocycles. The molecule has 2 aromatic carbocycles. The lowest BCUT2D eigenvalue weighted by molar-refractivity contribution is 1.52. The highest BCUT2D eigenvalue weighted by Crippen LogP contribution is 2.27. The third-order valence-corrected chi connectivity index (χ3v) is 2.63. The summed E-state index contributed by atoms with van der Waals surface area (Å²) in [7, 11) is 0. The van der Waals surface area contributed by atoms with E-state index in [2.05, 4.69) is 19.2 Å². The molecule has 76 valence electrons. The molecule has 0 amide bonds. The first-order valence-corrected chi connectivity index (χ1v) is 5.01. The Morgan fingerprint density at radius 3 is 2.62 bits per heavy atom. The van der Waals surface area contributed by atoms with Crippen molar-refractivity contribution in [1.82, 2.24) is 0 Å². The third kappa shape index (κ3) is 1.51. The number of allylic oxidation sites excluding steroid dienone is 1. The van der Waals surface area contributed by atoms with E-state index in [4.69, 9.17) is 5.26 Å². The molecule has 2 aromatic rings. The number of hydrogen-bond donors (Lipinski definition) is 0. The lowest BCUT2D eigenvalue weighted by atomic mass is 9.95. The van der Waals surface area contributed by atoms with Gasteiger partial charge in [-0.2, -0.15) is 5.26 Å². The highest BCUT2D eigenvalue weighted by Gasteiger charge is 2.06. The maximum absolute atomic E-state index is 8.90. The second kappa shape index (κ2) is 4.04. The smallest absolute Gasteiger partial charge is 0.0991 e. The standard InChI is InChI=1S/C15H11N/c1-3-13-14(11(2)10-16)9-8-12-6-4-5-7-15(12)13/h3-9H,1-2H2. The molecule has 0 spiro atoms. The van der Waals surface area contributed by atoms with Crippen LogP contribution in [0.4, 0.5) is 0 Å². The molecule has 0 saturated carbocycles. The van der Waals surface area contributed by atoms with Crippen molar-refractivity contribution in [3.8, 4) is 6.07 Å². The molecule has 0 atom stereocenters. The summed E-state index contributed by atoms with van der Waals surface area (Å²) < 4.78 is 0. The van der Waals surface area contributed by atoms with Crippen molar-refractivity contribution in [2.45, 2.75) is 0 Å². The molecule has 0 aliphatic heterocycles. The van der Waals surface area contributed by atoms with Gasteiger partial charge < -0.3 is 0 Å². The van der Waals surface area contributed by atoms with E-state index in [0.29, 0.717) is 5.57 Å². The number of hydrogen-bond acceptors (Lipinski definition) is 1. The molecule has 16 heavy (non-hydrogen) atoms. The topological polar surface area (TPSA) is 23.8 Å². The van der Waals surface area contributed by atoms with E-state index in [0.717, 1.165) is 21.9 Å². The maximum atomic E-state index is 8.90. The first-order valence-electron chi connectivity index (χ1n) is 5.01. The van der Waals surface area contributed by atoms with Crippen LogP contribution in [-0.2, 0) is 0 Å². The Labute approximate surface area is 95.0 Å². The number of benzene rings is 2. The molecule has 2 rings (SSSR count). The normalized spacial score (nSPS) is 9.69. The molecular weight excluding hydrogens is 194 g/mol. The molecule has 0 bridgehead atoms. The highest BCUT2D eigenvalue weighted by atomic mass is 14.2. The molecule has 0 unspecified atom stereocenters. The zero-order valence-corrected chi connectivity index (χ0v) is 8.90. The minimum Gasteiger partial charge on any atom is -0.192 e. The molecule has 1 nitrogen and oxygen atoms in total. The second-order valence-electron chi connectivity index (χ2n) is 3.54. The van der Waals surface area contributed by atoms with Crippen molar-refractivity contribution in [3.63, 3.8) is 0 Å². The minimum atomic E-state index is 0.473. The molecule has 0 saturated heterocycles. The average molecular weight is 205 g/mol. The van der Waals surface area contributed by atoms with Crippen molar-refractivity contribution in [2.75, 3.05) is 0 Å². The Morgan fingerprint density at radius 2 is 1.94 bits per heavy atom. The van der Waals surface area contributed by atoms with Crippen LogP contribution in [-0.4, -0.2) is 0 Å². The Balaban J connectivity index is 2.84. The molecular formula is C15H11N. The Kier molecular flexibility index (Phi) is 2.57. The van der Waals surface area contributed by atoms with Gasteiger partial charge in [0.1, 0.15) is 0 Å². The van der Waals surface area contributed by atoms with Crippen LogP contribution < -0.4 is 0 Å².